The minimum atomic E-state index is -0.0854. The maximum Gasteiger partial charge on any atom is 0.236 e. The Labute approximate surface area is 117 Å². The summed E-state index contributed by atoms with van der Waals surface area (Å²) >= 11 is 0. The van der Waals surface area contributed by atoms with Crippen LogP contribution in [-0.4, -0.2) is 67.2 Å². The van der Waals surface area contributed by atoms with Crippen LogP contribution in [-0.2, 0) is 9.53 Å². The molecule has 1 rings (SSSR count). The quantitative estimate of drug-likeness (QED) is 0.740. The lowest BCUT2D eigenvalue weighted by molar-refractivity contribution is -0.138. The van der Waals surface area contributed by atoms with Crippen LogP contribution < -0.4 is 5.73 Å². The molecule has 1 fully saturated rings. The van der Waals surface area contributed by atoms with Crippen LogP contribution in [0.15, 0.2) is 0 Å². The highest BCUT2D eigenvalue weighted by Gasteiger charge is 2.31. The van der Waals surface area contributed by atoms with E-state index in [1.807, 2.05) is 4.90 Å². The smallest absolute Gasteiger partial charge is 0.236 e. The number of morpholine rings is 1. The van der Waals surface area contributed by atoms with Crippen molar-refractivity contribution in [3.05, 3.63) is 0 Å². The van der Waals surface area contributed by atoms with Gasteiger partial charge in [0.25, 0.3) is 0 Å². The first-order chi connectivity index (χ1) is 9.07. The molecule has 112 valence electrons. The number of carbonyl (C=O) groups excluding carboxylic acids is 1. The number of rotatable bonds is 7. The highest BCUT2D eigenvalue weighted by molar-refractivity contribution is 5.78. The molecule has 0 aromatic heterocycles. The van der Waals surface area contributed by atoms with E-state index in [9.17, 15) is 4.79 Å². The van der Waals surface area contributed by atoms with Crippen molar-refractivity contribution in [2.24, 2.45) is 5.73 Å². The lowest BCUT2D eigenvalue weighted by Crippen LogP contribution is -2.55. The van der Waals surface area contributed by atoms with Gasteiger partial charge in [0.2, 0.25) is 5.91 Å². The van der Waals surface area contributed by atoms with Crippen LogP contribution in [0.4, 0.5) is 0 Å². The number of ether oxygens (including phenoxy) is 1. The van der Waals surface area contributed by atoms with Crippen LogP contribution in [0, 0.1) is 0 Å². The number of hydrogen-bond acceptors (Lipinski definition) is 4. The minimum Gasteiger partial charge on any atom is -0.378 e. The minimum absolute atomic E-state index is 0.0854. The summed E-state index contributed by atoms with van der Waals surface area (Å²) in [4.78, 5) is 16.5. The predicted molar refractivity (Wildman–Crippen MR) is 77.0 cm³/mol. The largest absolute Gasteiger partial charge is 0.378 e. The second-order valence-electron chi connectivity index (χ2n) is 5.47. The van der Waals surface area contributed by atoms with E-state index in [1.165, 1.54) is 0 Å². The van der Waals surface area contributed by atoms with E-state index in [2.05, 4.69) is 25.7 Å². The number of carbonyl (C=O) groups is 1. The normalized spacial score (nSPS) is 19.5. The molecule has 1 saturated heterocycles. The maximum absolute atomic E-state index is 12.3. The van der Waals surface area contributed by atoms with E-state index in [0.29, 0.717) is 39.4 Å². The second kappa shape index (κ2) is 7.82. The zero-order valence-electron chi connectivity index (χ0n) is 12.7. The van der Waals surface area contributed by atoms with Crippen molar-refractivity contribution in [1.29, 1.82) is 0 Å². The van der Waals surface area contributed by atoms with Crippen LogP contribution in [0.5, 0.6) is 0 Å². The third-order valence-electron chi connectivity index (χ3n) is 4.15. The average Bonchev–Trinajstić information content (AvgIpc) is 2.46. The van der Waals surface area contributed by atoms with Gasteiger partial charge >= 0.3 is 0 Å². The van der Waals surface area contributed by atoms with Gasteiger partial charge in [-0.25, -0.2) is 0 Å². The molecule has 0 saturated carbocycles. The van der Waals surface area contributed by atoms with E-state index in [4.69, 9.17) is 10.5 Å². The molecule has 0 radical (unpaired) electrons. The Kier molecular flexibility index (Phi) is 6.75. The van der Waals surface area contributed by atoms with E-state index in [1.54, 1.807) is 0 Å². The zero-order chi connectivity index (χ0) is 14.3. The fourth-order valence-corrected chi connectivity index (χ4v) is 2.38. The van der Waals surface area contributed by atoms with Gasteiger partial charge in [-0.15, -0.1) is 0 Å². The van der Waals surface area contributed by atoms with Crippen molar-refractivity contribution >= 4 is 5.91 Å². The summed E-state index contributed by atoms with van der Waals surface area (Å²) in [5.41, 5.74) is 5.83. The molecule has 2 N–H and O–H groups in total. The Balaban J connectivity index is 2.63. The summed E-state index contributed by atoms with van der Waals surface area (Å²) in [7, 11) is 0. The highest BCUT2D eigenvalue weighted by atomic mass is 16.5. The van der Waals surface area contributed by atoms with Crippen molar-refractivity contribution in [3.8, 4) is 0 Å². The molecule has 1 unspecified atom stereocenters. The lowest BCUT2D eigenvalue weighted by Gasteiger charge is -2.41. The molecule has 5 nitrogen and oxygen atoms in total. The molecule has 0 aromatic rings. The third kappa shape index (κ3) is 4.44. The third-order valence-corrected chi connectivity index (χ3v) is 4.15. The standard InChI is InChI=1S/C14H29N3O2/c1-4-6-17(14(3,5-2)12-15)11-13(18)16-7-9-19-10-8-16/h4-12,15H2,1-3H3. The summed E-state index contributed by atoms with van der Waals surface area (Å²) < 4.78 is 5.28. The molecule has 5 heteroatoms. The van der Waals surface area contributed by atoms with Gasteiger partial charge in [-0.2, -0.15) is 0 Å². The number of nitrogens with zero attached hydrogens (tertiary/aromatic N) is 2. The van der Waals surface area contributed by atoms with Crippen LogP contribution in [0.1, 0.15) is 33.6 Å². The summed E-state index contributed by atoms with van der Waals surface area (Å²) in [6.45, 7) is 11.1. The van der Waals surface area contributed by atoms with E-state index >= 15 is 0 Å². The second-order valence-corrected chi connectivity index (χ2v) is 5.47. The molecule has 1 atom stereocenters. The van der Waals surface area contributed by atoms with Gasteiger partial charge in [0.05, 0.1) is 19.8 Å². The number of amides is 1. The summed E-state index contributed by atoms with van der Waals surface area (Å²) in [5, 5.41) is 0. The fraction of sp³-hybridized carbons (Fsp3) is 0.929. The van der Waals surface area contributed by atoms with E-state index in [-0.39, 0.29) is 11.4 Å². The van der Waals surface area contributed by atoms with Gasteiger partial charge in [0.1, 0.15) is 0 Å². The van der Waals surface area contributed by atoms with Crippen molar-refractivity contribution in [1.82, 2.24) is 9.80 Å². The molecule has 1 aliphatic rings. The molecule has 1 heterocycles. The van der Waals surface area contributed by atoms with E-state index in [0.717, 1.165) is 19.4 Å². The monoisotopic (exact) mass is 271 g/mol. The number of hydrogen-bond donors (Lipinski definition) is 1. The first-order valence-corrected chi connectivity index (χ1v) is 7.38. The van der Waals surface area contributed by atoms with Gasteiger partial charge in [-0.3, -0.25) is 9.69 Å². The zero-order valence-corrected chi connectivity index (χ0v) is 12.7. The van der Waals surface area contributed by atoms with Crippen LogP contribution in [0.2, 0.25) is 0 Å². The number of nitrogens with two attached hydrogens (primary N) is 1. The van der Waals surface area contributed by atoms with Gasteiger partial charge in [0, 0.05) is 25.2 Å². The average molecular weight is 271 g/mol. The van der Waals surface area contributed by atoms with Gasteiger partial charge in [-0.1, -0.05) is 13.8 Å². The molecule has 0 spiro atoms. The lowest BCUT2D eigenvalue weighted by atomic mass is 9.96. The first-order valence-electron chi connectivity index (χ1n) is 7.38. The Morgan fingerprint density at radius 1 is 1.37 bits per heavy atom. The van der Waals surface area contributed by atoms with Crippen LogP contribution >= 0.6 is 0 Å². The van der Waals surface area contributed by atoms with Crippen molar-refractivity contribution in [3.63, 3.8) is 0 Å². The SMILES string of the molecule is CCCN(CC(=O)N1CCOCC1)C(C)(CC)CN. The molecule has 1 aliphatic heterocycles. The van der Waals surface area contributed by atoms with Crippen LogP contribution in [0.3, 0.4) is 0 Å². The first kappa shape index (κ1) is 16.4. The van der Waals surface area contributed by atoms with Crippen molar-refractivity contribution < 1.29 is 9.53 Å². The Morgan fingerprint density at radius 3 is 2.47 bits per heavy atom. The van der Waals surface area contributed by atoms with Gasteiger partial charge in [0.15, 0.2) is 0 Å². The fourth-order valence-electron chi connectivity index (χ4n) is 2.38. The summed E-state index contributed by atoms with van der Waals surface area (Å²) in [6.07, 6.45) is 1.99. The Bertz CT molecular complexity index is 274. The molecule has 0 bridgehead atoms. The van der Waals surface area contributed by atoms with Crippen molar-refractivity contribution in [2.75, 3.05) is 45.9 Å². The highest BCUT2D eigenvalue weighted by Crippen LogP contribution is 2.18. The molecule has 19 heavy (non-hydrogen) atoms. The van der Waals surface area contributed by atoms with Crippen molar-refractivity contribution in [2.45, 2.75) is 39.2 Å². The Morgan fingerprint density at radius 2 is 2.00 bits per heavy atom. The van der Waals surface area contributed by atoms with Gasteiger partial charge < -0.3 is 15.4 Å². The predicted octanol–water partition coefficient (Wildman–Crippen LogP) is 0.685. The molecule has 0 aromatic carbocycles. The molecular formula is C14H29N3O2. The van der Waals surface area contributed by atoms with E-state index < -0.39 is 0 Å². The van der Waals surface area contributed by atoms with Crippen LogP contribution in [0.25, 0.3) is 0 Å². The topological polar surface area (TPSA) is 58.8 Å². The summed E-state index contributed by atoms with van der Waals surface area (Å²) in [6, 6.07) is 0. The summed E-state index contributed by atoms with van der Waals surface area (Å²) in [5.74, 6) is 0.199. The Hall–Kier alpha value is -0.650. The molecule has 0 aliphatic carbocycles. The maximum atomic E-state index is 12.3. The molecular weight excluding hydrogens is 242 g/mol. The molecule has 1 amide bonds. The van der Waals surface area contributed by atoms with Gasteiger partial charge in [-0.05, 0) is 26.3 Å².